The third-order valence-corrected chi connectivity index (χ3v) is 6.18. The van der Waals surface area contributed by atoms with Crippen molar-refractivity contribution in [2.75, 3.05) is 51.7 Å². The highest BCUT2D eigenvalue weighted by Crippen LogP contribution is 2.33. The zero-order valence-electron chi connectivity index (χ0n) is 17.5. The van der Waals surface area contributed by atoms with Crippen LogP contribution >= 0.6 is 0 Å². The molecule has 0 radical (unpaired) electrons. The molecule has 6 nitrogen and oxygen atoms in total. The fourth-order valence-electron chi connectivity index (χ4n) is 4.35. The first-order valence-electron chi connectivity index (χ1n) is 10.5. The van der Waals surface area contributed by atoms with E-state index in [4.69, 9.17) is 5.73 Å². The molecule has 0 bridgehead atoms. The normalized spacial score (nSPS) is 19.3. The highest BCUT2D eigenvalue weighted by atomic mass is 16.2. The van der Waals surface area contributed by atoms with Gasteiger partial charge in [0.1, 0.15) is 0 Å². The second-order valence-electron chi connectivity index (χ2n) is 8.70. The number of nitrogens with two attached hydrogens (primary N) is 1. The lowest BCUT2D eigenvalue weighted by atomic mass is 9.87. The van der Waals surface area contributed by atoms with Gasteiger partial charge in [-0.3, -0.25) is 9.59 Å². The molecule has 0 aliphatic carbocycles. The molecule has 1 aromatic rings. The number of anilines is 1. The molecule has 2 saturated heterocycles. The van der Waals surface area contributed by atoms with Gasteiger partial charge in [-0.05, 0) is 69.3 Å². The maximum absolute atomic E-state index is 12.3. The van der Waals surface area contributed by atoms with Crippen LogP contribution in [0.3, 0.4) is 0 Å². The summed E-state index contributed by atoms with van der Waals surface area (Å²) in [6, 6.07) is 6.13. The smallest absolute Gasteiger partial charge is 0.250 e. The Hall–Kier alpha value is -2.08. The van der Waals surface area contributed by atoms with Gasteiger partial charge in [0.15, 0.2) is 0 Å². The molecule has 0 atom stereocenters. The average Bonchev–Trinajstić information content (AvgIpc) is 2.67. The molecule has 6 heteroatoms. The standard InChI is InChI=1S/C22H34N4O2/c1-16-6-10-25(11-7-16)20-14-18(4-5-19(20)22(23)28)17-8-12-26(13-9-17)21(27)15-24(2)3/h4-5,14,16-17H,6-13,15H2,1-3H3,(H2,23,28). The Morgan fingerprint density at radius 2 is 1.71 bits per heavy atom. The van der Waals surface area contributed by atoms with Gasteiger partial charge in [0.05, 0.1) is 12.1 Å². The molecule has 2 N–H and O–H groups in total. The Morgan fingerprint density at radius 1 is 1.07 bits per heavy atom. The fraction of sp³-hybridized carbons (Fsp3) is 0.636. The van der Waals surface area contributed by atoms with Crippen LogP contribution in [0, 0.1) is 5.92 Å². The number of hydrogen-bond acceptors (Lipinski definition) is 4. The van der Waals surface area contributed by atoms with Gasteiger partial charge in [-0.1, -0.05) is 13.0 Å². The zero-order chi connectivity index (χ0) is 20.3. The van der Waals surface area contributed by atoms with Crippen LogP contribution in [-0.2, 0) is 4.79 Å². The highest BCUT2D eigenvalue weighted by Gasteiger charge is 2.26. The van der Waals surface area contributed by atoms with Crippen molar-refractivity contribution in [1.82, 2.24) is 9.80 Å². The SMILES string of the molecule is CC1CCN(c2cc(C3CCN(C(=O)CN(C)C)CC3)ccc2C(N)=O)CC1. The molecule has 0 saturated carbocycles. The number of hydrogen-bond donors (Lipinski definition) is 1. The van der Waals surface area contributed by atoms with E-state index >= 15 is 0 Å². The molecule has 3 rings (SSSR count). The van der Waals surface area contributed by atoms with E-state index in [0.29, 0.717) is 18.0 Å². The van der Waals surface area contributed by atoms with Crippen LogP contribution in [0.25, 0.3) is 0 Å². The summed E-state index contributed by atoms with van der Waals surface area (Å²) in [6.07, 6.45) is 4.22. The predicted octanol–water partition coefficient (Wildman–Crippen LogP) is 2.29. The molecule has 1 aromatic carbocycles. The fourth-order valence-corrected chi connectivity index (χ4v) is 4.35. The molecule has 0 spiro atoms. The summed E-state index contributed by atoms with van der Waals surface area (Å²) in [7, 11) is 3.85. The summed E-state index contributed by atoms with van der Waals surface area (Å²) in [6.45, 7) is 6.30. The molecule has 2 heterocycles. The second-order valence-corrected chi connectivity index (χ2v) is 8.70. The molecular weight excluding hydrogens is 352 g/mol. The van der Waals surface area contributed by atoms with Crippen molar-refractivity contribution in [3.63, 3.8) is 0 Å². The number of nitrogens with zero attached hydrogens (tertiary/aromatic N) is 3. The Balaban J connectivity index is 1.72. The van der Waals surface area contributed by atoms with E-state index in [1.54, 1.807) is 0 Å². The maximum Gasteiger partial charge on any atom is 0.250 e. The first-order valence-corrected chi connectivity index (χ1v) is 10.5. The number of primary amides is 1. The maximum atomic E-state index is 12.3. The minimum absolute atomic E-state index is 0.204. The molecule has 2 fully saturated rings. The number of likely N-dealkylation sites (tertiary alicyclic amines) is 1. The Labute approximate surface area is 168 Å². The van der Waals surface area contributed by atoms with Crippen molar-refractivity contribution in [2.45, 2.75) is 38.5 Å². The van der Waals surface area contributed by atoms with Crippen LogP contribution in [0.1, 0.15) is 54.4 Å². The van der Waals surface area contributed by atoms with Gasteiger partial charge < -0.3 is 20.4 Å². The van der Waals surface area contributed by atoms with Crippen molar-refractivity contribution < 1.29 is 9.59 Å². The third-order valence-electron chi connectivity index (χ3n) is 6.18. The first-order chi connectivity index (χ1) is 13.3. The van der Waals surface area contributed by atoms with Gasteiger partial charge in [-0.25, -0.2) is 0 Å². The van der Waals surface area contributed by atoms with E-state index in [1.807, 2.05) is 30.0 Å². The summed E-state index contributed by atoms with van der Waals surface area (Å²) < 4.78 is 0. The molecule has 0 aromatic heterocycles. The molecular formula is C22H34N4O2. The molecule has 154 valence electrons. The van der Waals surface area contributed by atoms with Crippen LogP contribution in [0.2, 0.25) is 0 Å². The highest BCUT2D eigenvalue weighted by molar-refractivity contribution is 5.98. The molecule has 2 amide bonds. The summed E-state index contributed by atoms with van der Waals surface area (Å²) in [5.74, 6) is 1.01. The van der Waals surface area contributed by atoms with Crippen LogP contribution in [0.4, 0.5) is 5.69 Å². The lowest BCUT2D eigenvalue weighted by Gasteiger charge is -2.35. The number of carbonyl (C=O) groups excluding carboxylic acids is 2. The zero-order valence-corrected chi connectivity index (χ0v) is 17.5. The number of benzene rings is 1. The van der Waals surface area contributed by atoms with Crippen molar-refractivity contribution in [2.24, 2.45) is 11.7 Å². The van der Waals surface area contributed by atoms with Crippen LogP contribution in [0.5, 0.6) is 0 Å². The number of piperidine rings is 2. The van der Waals surface area contributed by atoms with Crippen molar-refractivity contribution in [1.29, 1.82) is 0 Å². The van der Waals surface area contributed by atoms with E-state index in [2.05, 4.69) is 24.0 Å². The van der Waals surface area contributed by atoms with Crippen molar-refractivity contribution in [3.8, 4) is 0 Å². The minimum atomic E-state index is -0.357. The number of likely N-dealkylation sites (N-methyl/N-ethyl adjacent to an activating group) is 1. The van der Waals surface area contributed by atoms with Crippen molar-refractivity contribution in [3.05, 3.63) is 29.3 Å². The van der Waals surface area contributed by atoms with E-state index < -0.39 is 0 Å². The van der Waals surface area contributed by atoms with Crippen LogP contribution in [0.15, 0.2) is 18.2 Å². The largest absolute Gasteiger partial charge is 0.371 e. The summed E-state index contributed by atoms with van der Waals surface area (Å²) in [4.78, 5) is 30.5. The predicted molar refractivity (Wildman–Crippen MR) is 113 cm³/mol. The van der Waals surface area contributed by atoms with E-state index in [-0.39, 0.29) is 11.8 Å². The first kappa shape index (κ1) is 20.6. The second kappa shape index (κ2) is 8.95. The van der Waals surface area contributed by atoms with E-state index in [0.717, 1.165) is 63.5 Å². The molecule has 0 unspecified atom stereocenters. The Bertz CT molecular complexity index is 702. The van der Waals surface area contributed by atoms with E-state index in [9.17, 15) is 9.59 Å². The lowest BCUT2D eigenvalue weighted by Crippen LogP contribution is -2.42. The minimum Gasteiger partial charge on any atom is -0.371 e. The Morgan fingerprint density at radius 3 is 2.29 bits per heavy atom. The number of carbonyl (C=O) groups is 2. The quantitative estimate of drug-likeness (QED) is 0.843. The van der Waals surface area contributed by atoms with E-state index in [1.165, 1.54) is 5.56 Å². The topological polar surface area (TPSA) is 69.9 Å². The van der Waals surface area contributed by atoms with Gasteiger partial charge in [-0.2, -0.15) is 0 Å². The van der Waals surface area contributed by atoms with Gasteiger partial charge in [0.25, 0.3) is 5.91 Å². The summed E-state index contributed by atoms with van der Waals surface area (Å²) >= 11 is 0. The monoisotopic (exact) mass is 386 g/mol. The van der Waals surface area contributed by atoms with Gasteiger partial charge in [-0.15, -0.1) is 0 Å². The number of amides is 2. The molecule has 2 aliphatic rings. The lowest BCUT2D eigenvalue weighted by molar-refractivity contribution is -0.132. The summed E-state index contributed by atoms with van der Waals surface area (Å²) in [5.41, 5.74) is 8.53. The number of rotatable bonds is 5. The Kier molecular flexibility index (Phi) is 6.60. The summed E-state index contributed by atoms with van der Waals surface area (Å²) in [5, 5.41) is 0. The average molecular weight is 387 g/mol. The molecule has 2 aliphatic heterocycles. The van der Waals surface area contributed by atoms with Crippen molar-refractivity contribution >= 4 is 17.5 Å². The van der Waals surface area contributed by atoms with Crippen LogP contribution < -0.4 is 10.6 Å². The van der Waals surface area contributed by atoms with Gasteiger partial charge in [0, 0.05) is 31.9 Å². The third kappa shape index (κ3) is 4.85. The van der Waals surface area contributed by atoms with Gasteiger partial charge in [0.2, 0.25) is 5.91 Å². The van der Waals surface area contributed by atoms with Crippen LogP contribution in [-0.4, -0.2) is 68.4 Å². The van der Waals surface area contributed by atoms with Gasteiger partial charge >= 0.3 is 0 Å². The molecule has 28 heavy (non-hydrogen) atoms.